The number of nitrogens with one attached hydrogen (secondary N) is 2. The van der Waals surface area contributed by atoms with Gasteiger partial charge in [-0.15, -0.1) is 11.3 Å². The number of hydrogen-bond acceptors (Lipinski definition) is 7. The fraction of sp³-hybridized carbons (Fsp3) is 0.636. The Hall–Kier alpha value is -2.42. The van der Waals surface area contributed by atoms with Crippen molar-refractivity contribution < 1.29 is 28.7 Å². The summed E-state index contributed by atoms with van der Waals surface area (Å²) in [5, 5.41) is 5.28. The van der Waals surface area contributed by atoms with Gasteiger partial charge in [0.1, 0.15) is 5.00 Å². The molecule has 0 atom stereocenters. The third kappa shape index (κ3) is 7.34. The molecule has 1 aliphatic carbocycles. The number of carbonyl (C=O) groups excluding carboxylic acids is 4. The normalized spacial score (nSPS) is 14.0. The topological polar surface area (TPSA) is 111 Å². The molecule has 8 nitrogen and oxygen atoms in total. The second kappa shape index (κ2) is 12.4. The fourth-order valence-corrected chi connectivity index (χ4v) is 4.93. The van der Waals surface area contributed by atoms with Crippen LogP contribution in [0.5, 0.6) is 0 Å². The van der Waals surface area contributed by atoms with Crippen molar-refractivity contribution in [1.29, 1.82) is 0 Å². The lowest BCUT2D eigenvalue weighted by Gasteiger charge is -2.20. The molecule has 2 rings (SSSR count). The van der Waals surface area contributed by atoms with E-state index in [4.69, 9.17) is 9.47 Å². The lowest BCUT2D eigenvalue weighted by Crippen LogP contribution is -2.21. The average molecular weight is 453 g/mol. The predicted octanol–water partition coefficient (Wildman–Crippen LogP) is 3.83. The molecule has 0 aromatic carbocycles. The number of esters is 2. The van der Waals surface area contributed by atoms with Crippen LogP contribution >= 0.6 is 11.3 Å². The number of rotatable bonds is 10. The first-order valence-electron chi connectivity index (χ1n) is 10.8. The van der Waals surface area contributed by atoms with Gasteiger partial charge >= 0.3 is 11.9 Å². The summed E-state index contributed by atoms with van der Waals surface area (Å²) in [6.45, 7) is 3.01. The van der Waals surface area contributed by atoms with Crippen molar-refractivity contribution in [3.63, 3.8) is 0 Å². The highest BCUT2D eigenvalue weighted by Gasteiger charge is 2.26. The molecule has 0 radical (unpaired) electrons. The van der Waals surface area contributed by atoms with Gasteiger partial charge in [0.15, 0.2) is 6.61 Å². The molecule has 172 valence electrons. The van der Waals surface area contributed by atoms with Gasteiger partial charge < -0.3 is 20.1 Å². The Kier molecular flexibility index (Phi) is 9.97. The highest BCUT2D eigenvalue weighted by Crippen LogP contribution is 2.34. The first-order valence-corrected chi connectivity index (χ1v) is 11.7. The van der Waals surface area contributed by atoms with E-state index >= 15 is 0 Å². The highest BCUT2D eigenvalue weighted by molar-refractivity contribution is 7.18. The summed E-state index contributed by atoms with van der Waals surface area (Å²) < 4.78 is 10.1. The number of anilines is 1. The standard InChI is InChI=1S/C22H32N2O6S/c1-4-29-22(28)18-14(2)19(20(27)23-3)31-21(18)24-16(25)13-30-17(26)12-8-11-15-9-6-5-7-10-15/h15H,4-13H2,1-3H3,(H,23,27)(H,24,25). The van der Waals surface area contributed by atoms with Crippen LogP contribution in [-0.2, 0) is 19.1 Å². The fourth-order valence-electron chi connectivity index (χ4n) is 3.77. The summed E-state index contributed by atoms with van der Waals surface area (Å²) in [7, 11) is 1.48. The van der Waals surface area contributed by atoms with Crippen molar-refractivity contribution in [3.8, 4) is 0 Å². The van der Waals surface area contributed by atoms with Crippen LogP contribution in [0.2, 0.25) is 0 Å². The summed E-state index contributed by atoms with van der Waals surface area (Å²) >= 11 is 0.980. The minimum atomic E-state index is -0.624. The van der Waals surface area contributed by atoms with Gasteiger partial charge in [-0.3, -0.25) is 14.4 Å². The van der Waals surface area contributed by atoms with Gasteiger partial charge in [0.2, 0.25) is 0 Å². The minimum absolute atomic E-state index is 0.137. The van der Waals surface area contributed by atoms with Crippen LogP contribution in [0.3, 0.4) is 0 Å². The molecular weight excluding hydrogens is 420 g/mol. The van der Waals surface area contributed by atoms with Crippen LogP contribution in [0.1, 0.15) is 83.9 Å². The number of carbonyl (C=O) groups is 4. The quantitative estimate of drug-likeness (QED) is 0.522. The lowest BCUT2D eigenvalue weighted by atomic mass is 9.86. The smallest absolute Gasteiger partial charge is 0.341 e. The molecule has 1 aromatic rings. The first-order chi connectivity index (χ1) is 14.9. The summed E-state index contributed by atoms with van der Waals surface area (Å²) in [5.74, 6) is -1.28. The Morgan fingerprint density at radius 1 is 1.10 bits per heavy atom. The second-order valence-corrected chi connectivity index (χ2v) is 8.69. The second-order valence-electron chi connectivity index (χ2n) is 7.67. The van der Waals surface area contributed by atoms with E-state index in [1.54, 1.807) is 13.8 Å². The zero-order valence-electron chi connectivity index (χ0n) is 18.5. The van der Waals surface area contributed by atoms with Crippen molar-refractivity contribution >= 4 is 40.1 Å². The Bertz CT molecular complexity index is 798. The predicted molar refractivity (Wildman–Crippen MR) is 118 cm³/mol. The summed E-state index contributed by atoms with van der Waals surface area (Å²) in [4.78, 5) is 48.9. The first kappa shape index (κ1) is 24.8. The van der Waals surface area contributed by atoms with Gasteiger partial charge in [-0.1, -0.05) is 32.1 Å². The molecule has 0 saturated heterocycles. The van der Waals surface area contributed by atoms with Crippen LogP contribution in [0, 0.1) is 12.8 Å². The maximum Gasteiger partial charge on any atom is 0.341 e. The van der Waals surface area contributed by atoms with Gasteiger partial charge in [0.05, 0.1) is 17.0 Å². The molecule has 2 amide bonds. The van der Waals surface area contributed by atoms with E-state index < -0.39 is 24.5 Å². The van der Waals surface area contributed by atoms with E-state index in [1.807, 2.05) is 0 Å². The van der Waals surface area contributed by atoms with Crippen LogP contribution in [0.15, 0.2) is 0 Å². The molecule has 1 heterocycles. The van der Waals surface area contributed by atoms with Gasteiger partial charge in [-0.25, -0.2) is 4.79 Å². The summed E-state index contributed by atoms with van der Waals surface area (Å²) in [5.41, 5.74) is 0.565. The number of amides is 2. The number of hydrogen-bond donors (Lipinski definition) is 2. The van der Waals surface area contributed by atoms with Crippen LogP contribution in [-0.4, -0.2) is 44.0 Å². The van der Waals surface area contributed by atoms with Gasteiger partial charge in [0, 0.05) is 13.5 Å². The Morgan fingerprint density at radius 3 is 2.45 bits per heavy atom. The Morgan fingerprint density at radius 2 is 1.81 bits per heavy atom. The maximum atomic E-state index is 12.3. The molecule has 2 N–H and O–H groups in total. The Balaban J connectivity index is 1.89. The zero-order valence-corrected chi connectivity index (χ0v) is 19.3. The molecule has 1 saturated carbocycles. The molecule has 1 fully saturated rings. The minimum Gasteiger partial charge on any atom is -0.462 e. The molecule has 31 heavy (non-hydrogen) atoms. The monoisotopic (exact) mass is 452 g/mol. The van der Waals surface area contributed by atoms with Crippen molar-refractivity contribution in [1.82, 2.24) is 5.32 Å². The maximum absolute atomic E-state index is 12.3. The van der Waals surface area contributed by atoms with E-state index in [0.29, 0.717) is 16.4 Å². The van der Waals surface area contributed by atoms with Gasteiger partial charge in [-0.05, 0) is 38.2 Å². The van der Waals surface area contributed by atoms with E-state index in [9.17, 15) is 19.2 Å². The average Bonchev–Trinajstić information content (AvgIpc) is 3.08. The molecule has 0 unspecified atom stereocenters. The highest BCUT2D eigenvalue weighted by atomic mass is 32.1. The van der Waals surface area contributed by atoms with Gasteiger partial charge in [0.25, 0.3) is 11.8 Å². The largest absolute Gasteiger partial charge is 0.462 e. The van der Waals surface area contributed by atoms with Crippen molar-refractivity contribution in [2.75, 3.05) is 25.6 Å². The molecular formula is C22H32N2O6S. The molecule has 0 bridgehead atoms. The van der Waals surface area contributed by atoms with Crippen LogP contribution in [0.4, 0.5) is 5.00 Å². The van der Waals surface area contributed by atoms with E-state index in [2.05, 4.69) is 10.6 Å². The number of thiophene rings is 1. The molecule has 0 spiro atoms. The molecule has 1 aromatic heterocycles. The lowest BCUT2D eigenvalue weighted by molar-refractivity contribution is -0.147. The van der Waals surface area contributed by atoms with Gasteiger partial charge in [-0.2, -0.15) is 0 Å². The number of ether oxygens (including phenoxy) is 2. The van der Waals surface area contributed by atoms with Crippen molar-refractivity contribution in [3.05, 3.63) is 16.0 Å². The van der Waals surface area contributed by atoms with E-state index in [1.165, 1.54) is 39.2 Å². The third-order valence-electron chi connectivity index (χ3n) is 5.39. The third-order valence-corrected chi connectivity index (χ3v) is 6.60. The molecule has 1 aliphatic rings. The van der Waals surface area contributed by atoms with E-state index in [-0.39, 0.29) is 29.5 Å². The zero-order chi connectivity index (χ0) is 22.8. The van der Waals surface area contributed by atoms with E-state index in [0.717, 1.165) is 24.2 Å². The van der Waals surface area contributed by atoms with Crippen molar-refractivity contribution in [2.24, 2.45) is 5.92 Å². The summed E-state index contributed by atoms with van der Waals surface area (Å²) in [6, 6.07) is 0. The molecule has 0 aliphatic heterocycles. The Labute approximate surface area is 187 Å². The SMILES string of the molecule is CCOC(=O)c1c(NC(=O)COC(=O)CCCC2CCCCC2)sc(C(=O)NC)c1C. The molecule has 9 heteroatoms. The van der Waals surface area contributed by atoms with Crippen LogP contribution in [0.25, 0.3) is 0 Å². The summed E-state index contributed by atoms with van der Waals surface area (Å²) in [6.07, 6.45) is 8.38. The van der Waals surface area contributed by atoms with Crippen LogP contribution < -0.4 is 10.6 Å². The van der Waals surface area contributed by atoms with Crippen molar-refractivity contribution in [2.45, 2.75) is 65.2 Å².